The lowest BCUT2D eigenvalue weighted by atomic mass is 9.89. The number of pyridine rings is 1. The summed E-state index contributed by atoms with van der Waals surface area (Å²) in [6, 6.07) is 9.68. The number of nitrogens with one attached hydrogen (secondary N) is 3. The van der Waals surface area contributed by atoms with E-state index < -0.39 is 0 Å². The SMILES string of the molecule is O=C(Nc1ccccc1C1CCNCC1)c1ccnc2n[nH]nc12. The quantitative estimate of drug-likeness (QED) is 0.686. The summed E-state index contributed by atoms with van der Waals surface area (Å²) in [5, 5.41) is 16.9. The first kappa shape index (κ1) is 14.8. The zero-order valence-corrected chi connectivity index (χ0v) is 13.1. The Balaban J connectivity index is 1.63. The molecule has 7 nitrogen and oxygen atoms in total. The van der Waals surface area contributed by atoms with E-state index in [9.17, 15) is 4.79 Å². The van der Waals surface area contributed by atoms with Gasteiger partial charge < -0.3 is 10.6 Å². The number of fused-ring (bicyclic) bond motifs is 1. The highest BCUT2D eigenvalue weighted by molar-refractivity contribution is 6.11. The van der Waals surface area contributed by atoms with E-state index in [1.807, 2.05) is 18.2 Å². The Labute approximate surface area is 138 Å². The lowest BCUT2D eigenvalue weighted by molar-refractivity contribution is 0.102. The number of carbonyl (C=O) groups excluding carboxylic acids is 1. The molecule has 0 spiro atoms. The van der Waals surface area contributed by atoms with Gasteiger partial charge in [-0.25, -0.2) is 4.98 Å². The second kappa shape index (κ2) is 6.37. The molecular weight excluding hydrogens is 304 g/mol. The van der Waals surface area contributed by atoms with Crippen LogP contribution >= 0.6 is 0 Å². The molecule has 0 unspecified atom stereocenters. The molecule has 3 heterocycles. The minimum absolute atomic E-state index is 0.197. The molecule has 0 bridgehead atoms. The van der Waals surface area contributed by atoms with Gasteiger partial charge in [0, 0.05) is 11.9 Å². The monoisotopic (exact) mass is 322 g/mol. The van der Waals surface area contributed by atoms with Crippen LogP contribution < -0.4 is 10.6 Å². The van der Waals surface area contributed by atoms with E-state index in [4.69, 9.17) is 0 Å². The van der Waals surface area contributed by atoms with Crippen molar-refractivity contribution in [3.63, 3.8) is 0 Å². The van der Waals surface area contributed by atoms with Crippen molar-refractivity contribution in [2.24, 2.45) is 0 Å². The molecule has 1 saturated heterocycles. The van der Waals surface area contributed by atoms with Gasteiger partial charge in [-0.2, -0.15) is 10.3 Å². The third-order valence-corrected chi connectivity index (χ3v) is 4.46. The first-order valence-corrected chi connectivity index (χ1v) is 8.09. The number of piperidine rings is 1. The average molecular weight is 322 g/mol. The summed E-state index contributed by atoms with van der Waals surface area (Å²) in [6.07, 6.45) is 3.73. The summed E-state index contributed by atoms with van der Waals surface area (Å²) >= 11 is 0. The highest BCUT2D eigenvalue weighted by atomic mass is 16.1. The molecule has 24 heavy (non-hydrogen) atoms. The Morgan fingerprint density at radius 3 is 2.83 bits per heavy atom. The zero-order valence-electron chi connectivity index (χ0n) is 13.1. The predicted molar refractivity (Wildman–Crippen MR) is 90.9 cm³/mol. The highest BCUT2D eigenvalue weighted by Gasteiger charge is 2.20. The number of nitrogens with zero attached hydrogens (tertiary/aromatic N) is 3. The van der Waals surface area contributed by atoms with E-state index in [0.29, 0.717) is 22.6 Å². The number of para-hydroxylation sites is 1. The fraction of sp³-hybridized carbons (Fsp3) is 0.294. The van der Waals surface area contributed by atoms with Gasteiger partial charge in [-0.1, -0.05) is 18.2 Å². The van der Waals surface area contributed by atoms with Crippen LogP contribution in [-0.2, 0) is 0 Å². The number of hydrogen-bond acceptors (Lipinski definition) is 5. The average Bonchev–Trinajstić information content (AvgIpc) is 3.11. The molecule has 0 radical (unpaired) electrons. The van der Waals surface area contributed by atoms with Gasteiger partial charge in [0.05, 0.1) is 5.56 Å². The van der Waals surface area contributed by atoms with Crippen LogP contribution in [0.2, 0.25) is 0 Å². The third-order valence-electron chi connectivity index (χ3n) is 4.46. The van der Waals surface area contributed by atoms with Crippen molar-refractivity contribution in [2.45, 2.75) is 18.8 Å². The molecule has 122 valence electrons. The summed E-state index contributed by atoms with van der Waals surface area (Å²) in [7, 11) is 0. The number of carbonyl (C=O) groups is 1. The van der Waals surface area contributed by atoms with Gasteiger partial charge in [-0.15, -0.1) is 5.10 Å². The number of anilines is 1. The lowest BCUT2D eigenvalue weighted by Crippen LogP contribution is -2.27. The first-order chi connectivity index (χ1) is 11.8. The molecule has 7 heteroatoms. The number of rotatable bonds is 3. The summed E-state index contributed by atoms with van der Waals surface area (Å²) in [5.74, 6) is 0.268. The van der Waals surface area contributed by atoms with Crippen LogP contribution in [0.4, 0.5) is 5.69 Å². The van der Waals surface area contributed by atoms with Crippen LogP contribution in [0.15, 0.2) is 36.5 Å². The number of hydrogen-bond donors (Lipinski definition) is 3. The molecule has 3 aromatic rings. The Hall–Kier alpha value is -2.80. The van der Waals surface area contributed by atoms with Crippen molar-refractivity contribution in [1.29, 1.82) is 0 Å². The van der Waals surface area contributed by atoms with E-state index in [1.54, 1.807) is 12.3 Å². The van der Waals surface area contributed by atoms with Gasteiger partial charge in [-0.05, 0) is 49.5 Å². The van der Waals surface area contributed by atoms with Crippen molar-refractivity contribution in [1.82, 2.24) is 25.7 Å². The largest absolute Gasteiger partial charge is 0.322 e. The van der Waals surface area contributed by atoms with Crippen LogP contribution in [0.3, 0.4) is 0 Å². The van der Waals surface area contributed by atoms with E-state index in [-0.39, 0.29) is 5.91 Å². The number of aromatic nitrogens is 4. The van der Waals surface area contributed by atoms with Gasteiger partial charge in [-0.3, -0.25) is 4.79 Å². The van der Waals surface area contributed by atoms with Gasteiger partial charge in [0.1, 0.15) is 5.52 Å². The van der Waals surface area contributed by atoms with Gasteiger partial charge in [0.25, 0.3) is 5.91 Å². The smallest absolute Gasteiger partial charge is 0.258 e. The van der Waals surface area contributed by atoms with E-state index >= 15 is 0 Å². The van der Waals surface area contributed by atoms with Gasteiger partial charge in [0.2, 0.25) is 5.65 Å². The fourth-order valence-corrected chi connectivity index (χ4v) is 3.23. The molecule has 1 aliphatic heterocycles. The maximum atomic E-state index is 12.7. The fourth-order valence-electron chi connectivity index (χ4n) is 3.23. The van der Waals surface area contributed by atoms with Gasteiger partial charge in [0.15, 0.2) is 0 Å². The molecule has 0 aliphatic carbocycles. The van der Waals surface area contributed by atoms with Crippen molar-refractivity contribution in [3.8, 4) is 0 Å². The highest BCUT2D eigenvalue weighted by Crippen LogP contribution is 2.31. The van der Waals surface area contributed by atoms with E-state index in [2.05, 4.69) is 37.1 Å². The second-order valence-electron chi connectivity index (χ2n) is 5.92. The molecule has 1 aliphatic rings. The second-order valence-corrected chi connectivity index (χ2v) is 5.92. The minimum atomic E-state index is -0.197. The van der Waals surface area contributed by atoms with Crippen LogP contribution in [0.1, 0.15) is 34.7 Å². The summed E-state index contributed by atoms with van der Waals surface area (Å²) in [6.45, 7) is 2.02. The minimum Gasteiger partial charge on any atom is -0.322 e. The Kier molecular flexibility index (Phi) is 3.92. The van der Waals surface area contributed by atoms with E-state index in [1.165, 1.54) is 5.56 Å². The standard InChI is InChI=1S/C17H18N6O/c24-17(13-7-10-19-16-15(13)21-23-22-16)20-14-4-2-1-3-12(14)11-5-8-18-9-6-11/h1-4,7,10-11,18H,5-6,8-9H2,(H,20,24)(H,19,21,22,23). The number of benzene rings is 1. The molecule has 0 atom stereocenters. The maximum absolute atomic E-state index is 12.7. The molecule has 2 aromatic heterocycles. The van der Waals surface area contributed by atoms with Crippen molar-refractivity contribution in [3.05, 3.63) is 47.7 Å². The molecule has 0 saturated carbocycles. The van der Waals surface area contributed by atoms with E-state index in [0.717, 1.165) is 31.6 Å². The van der Waals surface area contributed by atoms with Crippen molar-refractivity contribution < 1.29 is 4.79 Å². The first-order valence-electron chi connectivity index (χ1n) is 8.09. The number of amides is 1. The van der Waals surface area contributed by atoms with Crippen LogP contribution in [-0.4, -0.2) is 39.4 Å². The number of H-pyrrole nitrogens is 1. The normalized spacial score (nSPS) is 15.5. The molecule has 4 rings (SSSR count). The molecule has 3 N–H and O–H groups in total. The van der Waals surface area contributed by atoms with Crippen molar-refractivity contribution >= 4 is 22.8 Å². The predicted octanol–water partition coefficient (Wildman–Crippen LogP) is 2.07. The maximum Gasteiger partial charge on any atom is 0.258 e. The van der Waals surface area contributed by atoms with Crippen LogP contribution in [0, 0.1) is 0 Å². The Morgan fingerprint density at radius 2 is 1.96 bits per heavy atom. The Morgan fingerprint density at radius 1 is 1.12 bits per heavy atom. The zero-order chi connectivity index (χ0) is 16.4. The van der Waals surface area contributed by atoms with Crippen LogP contribution in [0.5, 0.6) is 0 Å². The topological polar surface area (TPSA) is 95.6 Å². The summed E-state index contributed by atoms with van der Waals surface area (Å²) in [5.41, 5.74) is 3.44. The lowest BCUT2D eigenvalue weighted by Gasteiger charge is -2.25. The molecule has 1 aromatic carbocycles. The Bertz CT molecular complexity index is 868. The summed E-state index contributed by atoms with van der Waals surface area (Å²) in [4.78, 5) is 16.8. The van der Waals surface area contributed by atoms with Crippen LogP contribution in [0.25, 0.3) is 11.2 Å². The van der Waals surface area contributed by atoms with Gasteiger partial charge >= 0.3 is 0 Å². The molecule has 1 amide bonds. The number of aromatic amines is 1. The third kappa shape index (κ3) is 2.74. The molecular formula is C17H18N6O. The summed E-state index contributed by atoms with van der Waals surface area (Å²) < 4.78 is 0. The van der Waals surface area contributed by atoms with Crippen molar-refractivity contribution in [2.75, 3.05) is 18.4 Å². The molecule has 1 fully saturated rings.